The van der Waals surface area contributed by atoms with Gasteiger partial charge in [-0.25, -0.2) is 0 Å². The molecule has 4 rings (SSSR count). The third-order valence-corrected chi connectivity index (χ3v) is 6.20. The molecule has 3 aliphatic rings. The fourth-order valence-electron chi connectivity index (χ4n) is 4.99. The SMILES string of the molecule is CC1(C)Cc2ccc(Cl)cc2C1NC1CC2CCC1C2. The van der Waals surface area contributed by atoms with Gasteiger partial charge in [0.2, 0.25) is 0 Å². The first kappa shape index (κ1) is 13.2. The van der Waals surface area contributed by atoms with E-state index in [-0.39, 0.29) is 0 Å². The summed E-state index contributed by atoms with van der Waals surface area (Å²) in [5.74, 6) is 1.93. The predicted molar refractivity (Wildman–Crippen MR) is 84.0 cm³/mol. The fourth-order valence-corrected chi connectivity index (χ4v) is 5.17. The number of hydrogen-bond acceptors (Lipinski definition) is 1. The molecule has 1 aromatic rings. The third kappa shape index (κ3) is 2.02. The molecule has 2 heteroatoms. The van der Waals surface area contributed by atoms with Crippen molar-refractivity contribution in [3.05, 3.63) is 34.3 Å². The average Bonchev–Trinajstić information content (AvgIpc) is 3.05. The third-order valence-electron chi connectivity index (χ3n) is 5.97. The van der Waals surface area contributed by atoms with Crippen molar-refractivity contribution < 1.29 is 0 Å². The van der Waals surface area contributed by atoms with Crippen molar-refractivity contribution in [2.75, 3.05) is 0 Å². The van der Waals surface area contributed by atoms with E-state index in [1.165, 1.54) is 36.8 Å². The van der Waals surface area contributed by atoms with E-state index in [4.69, 9.17) is 11.6 Å². The van der Waals surface area contributed by atoms with Crippen molar-refractivity contribution in [2.24, 2.45) is 17.3 Å². The van der Waals surface area contributed by atoms with Crippen LogP contribution in [0.5, 0.6) is 0 Å². The maximum absolute atomic E-state index is 6.23. The molecule has 2 fully saturated rings. The van der Waals surface area contributed by atoms with E-state index in [0.29, 0.717) is 11.5 Å². The summed E-state index contributed by atoms with van der Waals surface area (Å²) in [6.45, 7) is 4.79. The smallest absolute Gasteiger partial charge is 0.0409 e. The Hall–Kier alpha value is -0.530. The second-order valence-electron chi connectivity index (χ2n) is 7.89. The van der Waals surface area contributed by atoms with Crippen LogP contribution in [0, 0.1) is 17.3 Å². The Labute approximate surface area is 127 Å². The first-order valence-electron chi connectivity index (χ1n) is 8.07. The Morgan fingerprint density at radius 3 is 2.75 bits per heavy atom. The van der Waals surface area contributed by atoms with Gasteiger partial charge < -0.3 is 5.32 Å². The summed E-state index contributed by atoms with van der Waals surface area (Å²) in [6, 6.07) is 7.66. The van der Waals surface area contributed by atoms with Gasteiger partial charge in [0.05, 0.1) is 0 Å². The van der Waals surface area contributed by atoms with Crippen molar-refractivity contribution in [3.63, 3.8) is 0 Å². The molecule has 4 unspecified atom stereocenters. The molecular formula is C18H24ClN. The van der Waals surface area contributed by atoms with Gasteiger partial charge in [-0.1, -0.05) is 37.9 Å². The largest absolute Gasteiger partial charge is 0.306 e. The average molecular weight is 290 g/mol. The van der Waals surface area contributed by atoms with Crippen LogP contribution in [-0.2, 0) is 6.42 Å². The van der Waals surface area contributed by atoms with E-state index >= 15 is 0 Å². The lowest BCUT2D eigenvalue weighted by atomic mass is 9.83. The summed E-state index contributed by atoms with van der Waals surface area (Å²) in [5.41, 5.74) is 3.24. The Morgan fingerprint density at radius 2 is 2.05 bits per heavy atom. The Balaban J connectivity index is 1.62. The van der Waals surface area contributed by atoms with Crippen molar-refractivity contribution in [2.45, 2.75) is 58.0 Å². The molecule has 108 valence electrons. The molecule has 0 heterocycles. The van der Waals surface area contributed by atoms with Gasteiger partial charge in [-0.3, -0.25) is 0 Å². The van der Waals surface area contributed by atoms with E-state index in [2.05, 4.69) is 31.3 Å². The van der Waals surface area contributed by atoms with Crippen molar-refractivity contribution in [1.29, 1.82) is 0 Å². The number of fused-ring (bicyclic) bond motifs is 3. The molecule has 4 atom stereocenters. The van der Waals surface area contributed by atoms with Crippen LogP contribution in [-0.4, -0.2) is 6.04 Å². The lowest BCUT2D eigenvalue weighted by Gasteiger charge is -2.34. The molecule has 1 N–H and O–H groups in total. The van der Waals surface area contributed by atoms with Crippen LogP contribution in [0.4, 0.5) is 0 Å². The van der Waals surface area contributed by atoms with Gasteiger partial charge >= 0.3 is 0 Å². The lowest BCUT2D eigenvalue weighted by Crippen LogP contribution is -2.41. The zero-order valence-electron chi connectivity index (χ0n) is 12.5. The standard InChI is InChI=1S/C18H24ClN/c1-18(2)10-13-5-6-14(19)9-15(13)17(18)20-16-8-11-3-4-12(16)7-11/h5-6,9,11-12,16-17,20H,3-4,7-8,10H2,1-2H3. The molecule has 0 radical (unpaired) electrons. The number of halogens is 1. The minimum atomic E-state index is 0.300. The van der Waals surface area contributed by atoms with Gasteiger partial charge in [0.25, 0.3) is 0 Å². The van der Waals surface area contributed by atoms with Crippen molar-refractivity contribution in [3.8, 4) is 0 Å². The van der Waals surface area contributed by atoms with Gasteiger partial charge in [-0.2, -0.15) is 0 Å². The van der Waals surface area contributed by atoms with E-state index < -0.39 is 0 Å². The molecule has 1 aromatic carbocycles. The molecule has 0 aliphatic heterocycles. The summed E-state index contributed by atoms with van der Waals surface area (Å²) in [6.07, 6.45) is 6.94. The summed E-state index contributed by atoms with van der Waals surface area (Å²) in [5, 5.41) is 4.90. The minimum Gasteiger partial charge on any atom is -0.306 e. The summed E-state index contributed by atoms with van der Waals surface area (Å²) in [4.78, 5) is 0. The van der Waals surface area contributed by atoms with E-state index in [1.54, 1.807) is 0 Å². The second-order valence-corrected chi connectivity index (χ2v) is 8.33. The topological polar surface area (TPSA) is 12.0 Å². The number of nitrogens with one attached hydrogen (secondary N) is 1. The van der Waals surface area contributed by atoms with Gasteiger partial charge in [-0.15, -0.1) is 0 Å². The lowest BCUT2D eigenvalue weighted by molar-refractivity contribution is 0.218. The van der Waals surface area contributed by atoms with Crippen molar-refractivity contribution >= 4 is 11.6 Å². The molecule has 0 aromatic heterocycles. The van der Waals surface area contributed by atoms with Gasteiger partial charge in [-0.05, 0) is 66.2 Å². The van der Waals surface area contributed by atoms with E-state index in [9.17, 15) is 0 Å². The Kier molecular flexibility index (Phi) is 2.95. The molecule has 0 spiro atoms. The van der Waals surface area contributed by atoms with Crippen LogP contribution in [0.25, 0.3) is 0 Å². The summed E-state index contributed by atoms with van der Waals surface area (Å²) < 4.78 is 0. The van der Waals surface area contributed by atoms with Crippen molar-refractivity contribution in [1.82, 2.24) is 5.32 Å². The Bertz CT molecular complexity index is 536. The summed E-state index contributed by atoms with van der Waals surface area (Å²) >= 11 is 6.23. The highest BCUT2D eigenvalue weighted by Gasteiger charge is 2.45. The summed E-state index contributed by atoms with van der Waals surface area (Å²) in [7, 11) is 0. The zero-order valence-corrected chi connectivity index (χ0v) is 13.2. The predicted octanol–water partition coefficient (Wildman–Crippen LogP) is 4.74. The molecule has 1 nitrogen and oxygen atoms in total. The minimum absolute atomic E-state index is 0.300. The molecule has 3 aliphatic carbocycles. The number of hydrogen-bond donors (Lipinski definition) is 1. The number of rotatable bonds is 2. The Morgan fingerprint density at radius 1 is 1.20 bits per heavy atom. The fraction of sp³-hybridized carbons (Fsp3) is 0.667. The molecule has 0 saturated heterocycles. The maximum atomic E-state index is 6.23. The first-order valence-corrected chi connectivity index (χ1v) is 8.45. The highest BCUT2D eigenvalue weighted by atomic mass is 35.5. The molecule has 2 bridgehead atoms. The maximum Gasteiger partial charge on any atom is 0.0409 e. The molecule has 2 saturated carbocycles. The van der Waals surface area contributed by atoms with E-state index in [0.717, 1.165) is 29.3 Å². The molecular weight excluding hydrogens is 266 g/mol. The van der Waals surface area contributed by atoms with E-state index in [1.807, 2.05) is 6.07 Å². The van der Waals surface area contributed by atoms with Crippen LogP contribution in [0.1, 0.15) is 56.7 Å². The number of benzene rings is 1. The van der Waals surface area contributed by atoms with Crippen LogP contribution in [0.2, 0.25) is 5.02 Å². The van der Waals surface area contributed by atoms with Gasteiger partial charge in [0.15, 0.2) is 0 Å². The highest BCUT2D eigenvalue weighted by Crippen LogP contribution is 2.50. The van der Waals surface area contributed by atoms with Gasteiger partial charge in [0, 0.05) is 17.1 Å². The second kappa shape index (κ2) is 4.48. The highest BCUT2D eigenvalue weighted by molar-refractivity contribution is 6.30. The first-order chi connectivity index (χ1) is 9.53. The normalized spacial score (nSPS) is 37.4. The van der Waals surface area contributed by atoms with Crippen LogP contribution in [0.15, 0.2) is 18.2 Å². The van der Waals surface area contributed by atoms with Crippen LogP contribution >= 0.6 is 11.6 Å². The molecule has 0 amide bonds. The zero-order chi connectivity index (χ0) is 13.9. The van der Waals surface area contributed by atoms with Crippen LogP contribution in [0.3, 0.4) is 0 Å². The van der Waals surface area contributed by atoms with Gasteiger partial charge in [0.1, 0.15) is 0 Å². The quantitative estimate of drug-likeness (QED) is 0.829. The molecule has 20 heavy (non-hydrogen) atoms. The van der Waals surface area contributed by atoms with Crippen LogP contribution < -0.4 is 5.32 Å². The monoisotopic (exact) mass is 289 g/mol.